The SMILES string of the molecule is N#C[C@H]1CC(F)(F)CN1C(=O)CNC(=O)c1ccnc2ccc(OCCCC3CCN(C(=O)CCCCCNC[C@H](CCOCCNC(=O)CCCc4ccc(I)cc4)NC(=O)CN4CCN(CC(=O)O)CCN(CC(=O)O)CCN(CC(=O)O)CC4)CC3)cc12. The Kier molecular flexibility index (Phi) is 31.4. The Balaban J connectivity index is 0.903. The molecule has 4 heterocycles. The van der Waals surface area contributed by atoms with Crippen molar-refractivity contribution < 1.29 is 71.9 Å². The molecule has 7 N–H and O–H groups in total. The first-order chi connectivity index (χ1) is 43.7. The number of carbonyl (C=O) groups excluding carboxylic acids is 5. The molecule has 6 rings (SSSR count). The molecule has 3 fully saturated rings. The molecule has 25 nitrogen and oxygen atoms in total. The van der Waals surface area contributed by atoms with E-state index < -0.39 is 61.2 Å². The van der Waals surface area contributed by atoms with Gasteiger partial charge in [-0.3, -0.25) is 62.9 Å². The maximum Gasteiger partial charge on any atom is 0.317 e. The van der Waals surface area contributed by atoms with E-state index in [0.29, 0.717) is 101 Å². The van der Waals surface area contributed by atoms with Crippen molar-refractivity contribution >= 4 is 80.9 Å². The smallest absolute Gasteiger partial charge is 0.317 e. The number of nitrogens with zero attached hydrogens (tertiary/aromatic N) is 8. The topological polar surface area (TPSA) is 320 Å². The number of carboxylic acids is 3. The van der Waals surface area contributed by atoms with Gasteiger partial charge in [-0.25, -0.2) is 8.78 Å². The van der Waals surface area contributed by atoms with Gasteiger partial charge in [-0.2, -0.15) is 5.26 Å². The highest BCUT2D eigenvalue weighted by molar-refractivity contribution is 14.1. The van der Waals surface area contributed by atoms with Crippen LogP contribution in [0.4, 0.5) is 8.78 Å². The van der Waals surface area contributed by atoms with Crippen LogP contribution >= 0.6 is 22.6 Å². The molecule has 3 aliphatic rings. The summed E-state index contributed by atoms with van der Waals surface area (Å²) in [6, 6.07) is 15.0. The summed E-state index contributed by atoms with van der Waals surface area (Å²) < 4.78 is 41.0. The number of carboxylic acid groups (broad SMARTS) is 3. The Morgan fingerprint density at radius 3 is 1.97 bits per heavy atom. The van der Waals surface area contributed by atoms with Crippen LogP contribution in [0.2, 0.25) is 0 Å². The normalized spacial score (nSPS) is 17.7. The zero-order chi connectivity index (χ0) is 65.5. The number of amides is 5. The third-order valence-electron chi connectivity index (χ3n) is 16.4. The number of ether oxygens (including phenoxy) is 2. The summed E-state index contributed by atoms with van der Waals surface area (Å²) in [6.07, 6.45) is 9.32. The van der Waals surface area contributed by atoms with Crippen molar-refractivity contribution in [3.63, 3.8) is 0 Å². The van der Waals surface area contributed by atoms with E-state index in [9.17, 15) is 67.7 Å². The first-order valence-corrected chi connectivity index (χ1v) is 32.6. The van der Waals surface area contributed by atoms with Crippen LogP contribution in [0.5, 0.6) is 5.75 Å². The van der Waals surface area contributed by atoms with Crippen LogP contribution in [-0.2, 0) is 44.7 Å². The van der Waals surface area contributed by atoms with Crippen molar-refractivity contribution in [2.24, 2.45) is 5.92 Å². The van der Waals surface area contributed by atoms with E-state index in [1.165, 1.54) is 17.8 Å². The molecule has 28 heteroatoms. The van der Waals surface area contributed by atoms with Gasteiger partial charge in [-0.1, -0.05) is 18.6 Å². The molecule has 3 aliphatic heterocycles. The van der Waals surface area contributed by atoms with Crippen molar-refractivity contribution in [1.82, 2.24) is 55.7 Å². The minimum absolute atomic E-state index is 0.0425. The number of aryl methyl sites for hydroxylation is 1. The number of nitriles is 1. The average Bonchev–Trinajstić information content (AvgIpc) is 2.27. The second kappa shape index (κ2) is 38.9. The first-order valence-electron chi connectivity index (χ1n) is 31.5. The molecule has 0 spiro atoms. The molecule has 1 aromatic heterocycles. The Hall–Kier alpha value is -6.75. The Bertz CT molecular complexity index is 2870. The van der Waals surface area contributed by atoms with E-state index >= 15 is 0 Å². The van der Waals surface area contributed by atoms with Gasteiger partial charge in [-0.05, 0) is 135 Å². The van der Waals surface area contributed by atoms with Gasteiger partial charge in [0.25, 0.3) is 11.8 Å². The number of unbranched alkanes of at least 4 members (excludes halogenated alkanes) is 2. The number of likely N-dealkylation sites (tertiary alicyclic amines) is 2. The zero-order valence-electron chi connectivity index (χ0n) is 51.8. The summed E-state index contributed by atoms with van der Waals surface area (Å²) in [5.41, 5.74) is 1.93. The van der Waals surface area contributed by atoms with Gasteiger partial charge in [0, 0.05) is 126 Å². The number of aromatic nitrogens is 1. The number of halogens is 3. The van der Waals surface area contributed by atoms with Crippen LogP contribution in [0.1, 0.15) is 93.0 Å². The van der Waals surface area contributed by atoms with Crippen molar-refractivity contribution in [2.75, 3.05) is 144 Å². The third kappa shape index (κ3) is 27.5. The number of hydrogen-bond donors (Lipinski definition) is 7. The lowest BCUT2D eigenvalue weighted by Gasteiger charge is -2.33. The lowest BCUT2D eigenvalue weighted by molar-refractivity contribution is -0.140. The number of carbonyl (C=O) groups is 8. The summed E-state index contributed by atoms with van der Waals surface area (Å²) in [6.45, 7) is 3.63. The van der Waals surface area contributed by atoms with Gasteiger partial charge in [-0.15, -0.1) is 0 Å². The summed E-state index contributed by atoms with van der Waals surface area (Å²) in [5.74, 6) is -6.92. The van der Waals surface area contributed by atoms with Crippen LogP contribution in [0, 0.1) is 20.8 Å². The molecule has 0 bridgehead atoms. The van der Waals surface area contributed by atoms with Crippen LogP contribution in [0.25, 0.3) is 10.9 Å². The van der Waals surface area contributed by atoms with Crippen molar-refractivity contribution in [2.45, 2.75) is 101 Å². The van der Waals surface area contributed by atoms with Gasteiger partial charge in [0.2, 0.25) is 23.6 Å². The fourth-order valence-electron chi connectivity index (χ4n) is 11.4. The first kappa shape index (κ1) is 73.3. The minimum atomic E-state index is -3.17. The summed E-state index contributed by atoms with van der Waals surface area (Å²) in [5, 5.41) is 50.6. The second-order valence-electron chi connectivity index (χ2n) is 23.6. The molecule has 500 valence electrons. The van der Waals surface area contributed by atoms with E-state index in [4.69, 9.17) is 9.47 Å². The van der Waals surface area contributed by atoms with Crippen molar-refractivity contribution in [3.05, 3.63) is 69.4 Å². The number of benzene rings is 2. The number of nitrogens with one attached hydrogen (secondary N) is 4. The predicted octanol–water partition coefficient (Wildman–Crippen LogP) is 3.38. The largest absolute Gasteiger partial charge is 0.494 e. The van der Waals surface area contributed by atoms with Gasteiger partial charge < -0.3 is 55.9 Å². The summed E-state index contributed by atoms with van der Waals surface area (Å²) in [4.78, 5) is 115. The zero-order valence-corrected chi connectivity index (χ0v) is 54.0. The number of hydrogen-bond acceptors (Lipinski definition) is 17. The van der Waals surface area contributed by atoms with E-state index in [1.54, 1.807) is 39.0 Å². The predicted molar refractivity (Wildman–Crippen MR) is 341 cm³/mol. The molecule has 5 amide bonds. The molecule has 0 saturated carbocycles. The lowest BCUT2D eigenvalue weighted by Crippen LogP contribution is -2.51. The van der Waals surface area contributed by atoms with Crippen LogP contribution < -0.4 is 26.0 Å². The van der Waals surface area contributed by atoms with Gasteiger partial charge in [0.15, 0.2) is 0 Å². The standard InChI is InChI=1S/C63H89F2IN12O13/c64-63(65)37-50(38-67)78(45-63)58(82)40-71-62(89)52-16-21-69-54-15-14-51(36-53(52)54)91-33-5-7-47-17-23-77(24-18-47)57(81)9-2-1-3-20-68-39-49(19-34-90-35-22-70-55(79)8-4-6-46-10-12-48(66)13-11-46)72-56(80)41-73-25-27-74(42-59(83)84)29-31-76(44-61(87)88)32-30-75(28-26-73)43-60(85)86/h10-16,21,36,47,49-50,68H,1-9,17-20,22-35,37,39-45H2,(H,70,79)(H,71,89)(H,72,80)(H,83,84)(H,85,86)(H,87,88)/t49-,50+/m0/s1. The molecule has 0 aliphatic carbocycles. The van der Waals surface area contributed by atoms with Crippen molar-refractivity contribution in [3.8, 4) is 11.8 Å². The van der Waals surface area contributed by atoms with E-state index in [0.717, 1.165) is 66.3 Å². The third-order valence-corrected chi connectivity index (χ3v) is 17.1. The highest BCUT2D eigenvalue weighted by Gasteiger charge is 2.47. The van der Waals surface area contributed by atoms with E-state index in [-0.39, 0.29) is 101 Å². The van der Waals surface area contributed by atoms with E-state index in [1.807, 2.05) is 21.9 Å². The maximum absolute atomic E-state index is 13.9. The second-order valence-corrected chi connectivity index (χ2v) is 24.8. The summed E-state index contributed by atoms with van der Waals surface area (Å²) in [7, 11) is 0. The minimum Gasteiger partial charge on any atom is -0.494 e. The number of rotatable bonds is 35. The molecule has 0 unspecified atom stereocenters. The Morgan fingerprint density at radius 2 is 1.34 bits per heavy atom. The molecular weight excluding hydrogens is 1300 g/mol. The average molecular weight is 1390 g/mol. The Morgan fingerprint density at radius 1 is 0.703 bits per heavy atom. The molecular formula is C63H89F2IN12O13. The van der Waals surface area contributed by atoms with Crippen LogP contribution in [0.15, 0.2) is 54.7 Å². The van der Waals surface area contributed by atoms with Crippen LogP contribution in [-0.4, -0.2) is 259 Å². The number of fused-ring (bicyclic) bond motifs is 1. The number of aliphatic carboxylic acids is 3. The van der Waals surface area contributed by atoms with E-state index in [2.05, 4.69) is 61.0 Å². The van der Waals surface area contributed by atoms with Gasteiger partial charge in [0.05, 0.1) is 69.6 Å². The quantitative estimate of drug-likeness (QED) is 0.0328. The molecule has 91 heavy (non-hydrogen) atoms. The number of alkyl halides is 2. The molecule has 2 aromatic carbocycles. The van der Waals surface area contributed by atoms with Gasteiger partial charge >= 0.3 is 17.9 Å². The molecule has 3 saturated heterocycles. The highest BCUT2D eigenvalue weighted by Crippen LogP contribution is 2.32. The molecule has 3 aromatic rings. The Labute approximate surface area is 544 Å². The fraction of sp³-hybridized carbons (Fsp3) is 0.619. The monoisotopic (exact) mass is 1390 g/mol. The van der Waals surface area contributed by atoms with Crippen molar-refractivity contribution in [1.29, 1.82) is 5.26 Å². The number of piperidine rings is 1. The lowest BCUT2D eigenvalue weighted by atomic mass is 9.92. The fourth-order valence-corrected chi connectivity index (χ4v) is 11.8. The van der Waals surface area contributed by atoms with Gasteiger partial charge in [0.1, 0.15) is 11.8 Å². The summed E-state index contributed by atoms with van der Waals surface area (Å²) >= 11 is 2.26. The van der Waals surface area contributed by atoms with Crippen LogP contribution in [0.3, 0.4) is 0 Å². The number of pyridine rings is 1. The highest BCUT2D eigenvalue weighted by atomic mass is 127. The maximum atomic E-state index is 13.9. The molecule has 0 radical (unpaired) electrons. The molecule has 2 atom stereocenters.